The van der Waals surface area contributed by atoms with Crippen LogP contribution in [0, 0.1) is 11.8 Å². The van der Waals surface area contributed by atoms with Gasteiger partial charge in [0.25, 0.3) is 5.91 Å². The molecule has 3 rings (SSSR count). The zero-order valence-corrected chi connectivity index (χ0v) is 12.4. The monoisotopic (exact) mass is 272 g/mol. The van der Waals surface area contributed by atoms with Crippen molar-refractivity contribution in [3.05, 3.63) is 29.3 Å². The lowest BCUT2D eigenvalue weighted by Crippen LogP contribution is -2.39. The van der Waals surface area contributed by atoms with Crippen LogP contribution >= 0.6 is 0 Å². The minimum atomic E-state index is 0.0771. The molecule has 0 saturated heterocycles. The van der Waals surface area contributed by atoms with E-state index in [0.29, 0.717) is 12.0 Å². The van der Waals surface area contributed by atoms with Crippen molar-refractivity contribution in [1.29, 1.82) is 0 Å². The van der Waals surface area contributed by atoms with E-state index < -0.39 is 0 Å². The number of carbonyl (C=O) groups excluding carboxylic acids is 1. The molecule has 2 aliphatic rings. The molecular weight excluding hydrogens is 248 g/mol. The van der Waals surface area contributed by atoms with Crippen LogP contribution in [-0.4, -0.2) is 18.5 Å². The third-order valence-corrected chi connectivity index (χ3v) is 5.02. The zero-order chi connectivity index (χ0) is 14.1. The van der Waals surface area contributed by atoms with Crippen molar-refractivity contribution < 1.29 is 4.79 Å². The Morgan fingerprint density at radius 3 is 2.90 bits per heavy atom. The summed E-state index contributed by atoms with van der Waals surface area (Å²) in [6.45, 7) is 5.59. The van der Waals surface area contributed by atoms with E-state index in [4.69, 9.17) is 0 Å². The van der Waals surface area contributed by atoms with Gasteiger partial charge >= 0.3 is 0 Å². The number of hydrogen-bond donors (Lipinski definition) is 2. The fraction of sp³-hybridized carbons (Fsp3) is 0.588. The normalized spacial score (nSPS) is 28.6. The maximum Gasteiger partial charge on any atom is 0.251 e. The second-order valence-electron chi connectivity index (χ2n) is 6.49. The Kier molecular flexibility index (Phi) is 3.68. The Morgan fingerprint density at radius 1 is 1.25 bits per heavy atom. The second-order valence-corrected chi connectivity index (χ2v) is 6.49. The predicted octanol–water partition coefficient (Wildman–Crippen LogP) is 3.21. The number of fused-ring (bicyclic) bond motifs is 1. The average Bonchev–Trinajstić information content (AvgIpc) is 2.90. The van der Waals surface area contributed by atoms with E-state index in [1.165, 1.54) is 12.0 Å². The van der Waals surface area contributed by atoms with Gasteiger partial charge in [0.2, 0.25) is 0 Å². The molecule has 0 bridgehead atoms. The van der Waals surface area contributed by atoms with Crippen LogP contribution in [0.25, 0.3) is 0 Å². The molecule has 1 saturated carbocycles. The van der Waals surface area contributed by atoms with E-state index in [2.05, 4.69) is 30.5 Å². The lowest BCUT2D eigenvalue weighted by atomic mass is 9.79. The van der Waals surface area contributed by atoms with Crippen molar-refractivity contribution in [1.82, 2.24) is 5.32 Å². The molecule has 1 aliphatic carbocycles. The first-order valence-corrected chi connectivity index (χ1v) is 7.81. The van der Waals surface area contributed by atoms with Gasteiger partial charge in [-0.3, -0.25) is 4.79 Å². The van der Waals surface area contributed by atoms with Crippen LogP contribution in [-0.2, 0) is 6.42 Å². The molecule has 2 N–H and O–H groups in total. The SMILES string of the molecule is CC1CCC(NC(=O)c2ccc3c(c2)NCC3)CC1C. The first kappa shape index (κ1) is 13.5. The van der Waals surface area contributed by atoms with E-state index in [9.17, 15) is 4.79 Å². The standard InChI is InChI=1S/C17H24N2O/c1-11-3-6-15(9-12(11)2)19-17(20)14-5-4-13-7-8-18-16(13)10-14/h4-5,10-12,15,18H,3,6-9H2,1-2H3,(H,19,20). The molecule has 20 heavy (non-hydrogen) atoms. The van der Waals surface area contributed by atoms with E-state index in [1.54, 1.807) is 0 Å². The zero-order valence-electron chi connectivity index (χ0n) is 12.4. The first-order chi connectivity index (χ1) is 9.63. The van der Waals surface area contributed by atoms with Crippen molar-refractivity contribution in [3.8, 4) is 0 Å². The maximum absolute atomic E-state index is 12.4. The number of rotatable bonds is 2. The molecule has 1 fully saturated rings. The molecule has 108 valence electrons. The highest BCUT2D eigenvalue weighted by Crippen LogP contribution is 2.29. The van der Waals surface area contributed by atoms with Crippen molar-refractivity contribution in [3.63, 3.8) is 0 Å². The van der Waals surface area contributed by atoms with Crippen LogP contribution in [0.1, 0.15) is 49.0 Å². The van der Waals surface area contributed by atoms with Gasteiger partial charge in [-0.2, -0.15) is 0 Å². The number of anilines is 1. The average molecular weight is 272 g/mol. The summed E-state index contributed by atoms with van der Waals surface area (Å²) in [7, 11) is 0. The summed E-state index contributed by atoms with van der Waals surface area (Å²) >= 11 is 0. The van der Waals surface area contributed by atoms with Crippen molar-refractivity contribution in [2.45, 2.75) is 45.6 Å². The van der Waals surface area contributed by atoms with Crippen molar-refractivity contribution >= 4 is 11.6 Å². The van der Waals surface area contributed by atoms with Crippen LogP contribution < -0.4 is 10.6 Å². The van der Waals surface area contributed by atoms with E-state index in [1.807, 2.05) is 12.1 Å². The van der Waals surface area contributed by atoms with Gasteiger partial charge in [0.05, 0.1) is 0 Å². The summed E-state index contributed by atoms with van der Waals surface area (Å²) in [5, 5.41) is 6.54. The van der Waals surface area contributed by atoms with Crippen LogP contribution in [0.4, 0.5) is 5.69 Å². The Labute approximate surface area is 121 Å². The quantitative estimate of drug-likeness (QED) is 0.868. The third kappa shape index (κ3) is 2.67. The summed E-state index contributed by atoms with van der Waals surface area (Å²) in [6, 6.07) is 6.37. The number of carbonyl (C=O) groups is 1. The Morgan fingerprint density at radius 2 is 2.10 bits per heavy atom. The highest BCUT2D eigenvalue weighted by molar-refractivity contribution is 5.95. The third-order valence-electron chi connectivity index (χ3n) is 5.02. The molecule has 1 heterocycles. The maximum atomic E-state index is 12.4. The molecule has 1 amide bonds. The van der Waals surface area contributed by atoms with Crippen molar-refractivity contribution in [2.75, 3.05) is 11.9 Å². The topological polar surface area (TPSA) is 41.1 Å². The van der Waals surface area contributed by atoms with Gasteiger partial charge in [-0.25, -0.2) is 0 Å². The van der Waals surface area contributed by atoms with Gasteiger partial charge < -0.3 is 10.6 Å². The minimum Gasteiger partial charge on any atom is -0.384 e. The molecule has 3 unspecified atom stereocenters. The van der Waals surface area contributed by atoms with Gasteiger partial charge in [-0.15, -0.1) is 0 Å². The smallest absolute Gasteiger partial charge is 0.251 e. The molecule has 3 nitrogen and oxygen atoms in total. The summed E-state index contributed by atoms with van der Waals surface area (Å²) in [5.41, 5.74) is 3.23. The first-order valence-electron chi connectivity index (χ1n) is 7.81. The van der Waals surface area contributed by atoms with Crippen LogP contribution in [0.3, 0.4) is 0 Å². The lowest BCUT2D eigenvalue weighted by Gasteiger charge is -2.32. The molecule has 1 aliphatic heterocycles. The molecular formula is C17H24N2O. The number of nitrogens with one attached hydrogen (secondary N) is 2. The molecule has 0 spiro atoms. The van der Waals surface area contributed by atoms with E-state index in [-0.39, 0.29) is 5.91 Å². The van der Waals surface area contributed by atoms with E-state index >= 15 is 0 Å². The Balaban J connectivity index is 1.65. The number of benzene rings is 1. The molecule has 3 atom stereocenters. The largest absolute Gasteiger partial charge is 0.384 e. The number of hydrogen-bond acceptors (Lipinski definition) is 2. The molecule has 0 radical (unpaired) electrons. The van der Waals surface area contributed by atoms with Gasteiger partial charge in [0.15, 0.2) is 0 Å². The fourth-order valence-electron chi connectivity index (χ4n) is 3.38. The highest BCUT2D eigenvalue weighted by atomic mass is 16.1. The van der Waals surface area contributed by atoms with Crippen LogP contribution in [0.2, 0.25) is 0 Å². The number of amides is 1. The molecule has 1 aromatic carbocycles. The summed E-state index contributed by atoms with van der Waals surface area (Å²) in [4.78, 5) is 12.4. The second kappa shape index (κ2) is 5.47. The molecule has 0 aromatic heterocycles. The predicted molar refractivity (Wildman–Crippen MR) is 82.1 cm³/mol. The Bertz CT molecular complexity index is 512. The van der Waals surface area contributed by atoms with Gasteiger partial charge in [-0.05, 0) is 55.2 Å². The van der Waals surface area contributed by atoms with Crippen LogP contribution in [0.15, 0.2) is 18.2 Å². The Hall–Kier alpha value is -1.51. The summed E-state index contributed by atoms with van der Waals surface area (Å²) < 4.78 is 0. The summed E-state index contributed by atoms with van der Waals surface area (Å²) in [6.07, 6.45) is 4.50. The summed E-state index contributed by atoms with van der Waals surface area (Å²) in [5.74, 6) is 1.57. The molecule has 1 aromatic rings. The van der Waals surface area contributed by atoms with E-state index in [0.717, 1.165) is 43.0 Å². The van der Waals surface area contributed by atoms with Gasteiger partial charge in [0.1, 0.15) is 0 Å². The fourth-order valence-corrected chi connectivity index (χ4v) is 3.38. The highest BCUT2D eigenvalue weighted by Gasteiger charge is 2.26. The van der Waals surface area contributed by atoms with Gasteiger partial charge in [-0.1, -0.05) is 19.9 Å². The lowest BCUT2D eigenvalue weighted by molar-refractivity contribution is 0.0910. The van der Waals surface area contributed by atoms with Gasteiger partial charge in [0, 0.05) is 23.8 Å². The minimum absolute atomic E-state index is 0.0771. The van der Waals surface area contributed by atoms with Crippen LogP contribution in [0.5, 0.6) is 0 Å². The van der Waals surface area contributed by atoms with Crippen molar-refractivity contribution in [2.24, 2.45) is 11.8 Å². The molecule has 3 heteroatoms.